The largest absolute Gasteiger partial charge is 0.373 e. The van der Waals surface area contributed by atoms with E-state index in [1.54, 1.807) is 6.07 Å². The summed E-state index contributed by atoms with van der Waals surface area (Å²) >= 11 is 1.52. The third-order valence-corrected chi connectivity index (χ3v) is 9.05. The number of nitrogens with zero attached hydrogens (tertiary/aromatic N) is 4. The normalized spacial score (nSPS) is 16.5. The molecule has 4 aromatic rings. The van der Waals surface area contributed by atoms with Crippen molar-refractivity contribution >= 4 is 39.1 Å². The zero-order chi connectivity index (χ0) is 29.6. The van der Waals surface area contributed by atoms with Gasteiger partial charge in [-0.05, 0) is 68.5 Å². The summed E-state index contributed by atoms with van der Waals surface area (Å²) in [5, 5.41) is 10.9. The highest BCUT2D eigenvalue weighted by atomic mass is 32.1. The second-order valence-electron chi connectivity index (χ2n) is 12.1. The lowest BCUT2D eigenvalue weighted by Crippen LogP contribution is -2.32. The Morgan fingerprint density at radius 1 is 1.05 bits per heavy atom. The lowest BCUT2D eigenvalue weighted by Gasteiger charge is -2.23. The zero-order valence-electron chi connectivity index (χ0n) is 25.1. The van der Waals surface area contributed by atoms with E-state index in [-0.39, 0.29) is 12.0 Å². The molecule has 3 N–H and O–H groups in total. The summed E-state index contributed by atoms with van der Waals surface area (Å²) in [6, 6.07) is 12.0. The van der Waals surface area contributed by atoms with Gasteiger partial charge in [-0.3, -0.25) is 4.79 Å². The molecule has 43 heavy (non-hydrogen) atoms. The molecule has 1 aliphatic carbocycles. The first kappa shape index (κ1) is 29.6. The van der Waals surface area contributed by atoms with Gasteiger partial charge in [-0.25, -0.2) is 19.9 Å². The predicted molar refractivity (Wildman–Crippen MR) is 173 cm³/mol. The van der Waals surface area contributed by atoms with Gasteiger partial charge >= 0.3 is 0 Å². The molecular weight excluding hydrogens is 558 g/mol. The Labute approximate surface area is 257 Å². The average molecular weight is 600 g/mol. The summed E-state index contributed by atoms with van der Waals surface area (Å²) in [4.78, 5) is 33.5. The van der Waals surface area contributed by atoms with E-state index in [0.29, 0.717) is 42.2 Å². The van der Waals surface area contributed by atoms with E-state index < -0.39 is 0 Å². The van der Waals surface area contributed by atoms with Gasteiger partial charge in [0.1, 0.15) is 32.7 Å². The first-order valence-corrected chi connectivity index (χ1v) is 16.4. The molecule has 6 rings (SSSR count). The third-order valence-electron chi connectivity index (χ3n) is 8.03. The van der Waals surface area contributed by atoms with Crippen molar-refractivity contribution < 1.29 is 9.53 Å². The summed E-state index contributed by atoms with van der Waals surface area (Å²) in [6.45, 7) is 6.81. The van der Waals surface area contributed by atoms with Crippen LogP contribution < -0.4 is 16.0 Å². The van der Waals surface area contributed by atoms with Gasteiger partial charge in [0.25, 0.3) is 5.91 Å². The molecule has 1 aliphatic heterocycles. The number of pyridine rings is 1. The first-order chi connectivity index (χ1) is 21.0. The van der Waals surface area contributed by atoms with Crippen molar-refractivity contribution in [3.8, 4) is 10.6 Å². The average Bonchev–Trinajstić information content (AvgIpc) is 3.44. The number of nitrogens with one attached hydrogen (secondary N) is 3. The number of amides is 1. The Bertz CT molecular complexity index is 1540. The topological polar surface area (TPSA) is 114 Å². The molecule has 4 heterocycles. The monoisotopic (exact) mass is 599 g/mol. The van der Waals surface area contributed by atoms with Crippen molar-refractivity contribution in [3.63, 3.8) is 0 Å². The SMILES string of the molecule is CC(C)Cc1nc(NC2CCCCC2)cc(C(=O)Nc2ccccc2-c2nc3cc(COC4CCNCC4)cnc3s2)n1. The van der Waals surface area contributed by atoms with Gasteiger partial charge in [-0.1, -0.05) is 56.6 Å². The van der Waals surface area contributed by atoms with E-state index in [1.807, 2.05) is 30.5 Å². The van der Waals surface area contributed by atoms with Crippen molar-refractivity contribution in [1.82, 2.24) is 25.3 Å². The maximum Gasteiger partial charge on any atom is 0.274 e. The molecule has 0 bridgehead atoms. The van der Waals surface area contributed by atoms with Crippen molar-refractivity contribution in [2.45, 2.75) is 84.0 Å². The summed E-state index contributed by atoms with van der Waals surface area (Å²) < 4.78 is 6.13. The second kappa shape index (κ2) is 13.9. The highest BCUT2D eigenvalue weighted by Crippen LogP contribution is 2.34. The van der Waals surface area contributed by atoms with Gasteiger partial charge < -0.3 is 20.7 Å². The number of aromatic nitrogens is 4. The number of carbonyl (C=O) groups excluding carboxylic acids is 1. The summed E-state index contributed by atoms with van der Waals surface area (Å²) in [5.41, 5.74) is 3.75. The van der Waals surface area contributed by atoms with E-state index >= 15 is 0 Å². The molecule has 0 radical (unpaired) electrons. The lowest BCUT2D eigenvalue weighted by atomic mass is 9.95. The standard InChI is InChI=1S/C33H41N7O2S/c1-21(2)16-29-37-27(18-30(40-29)36-23-8-4-3-5-9-23)31(41)38-26-11-7-6-10-25(26)32-39-28-17-22(19-35-33(28)43-32)20-42-24-12-14-34-15-13-24/h6-7,10-11,17-19,21,23-24,34H,3-5,8-9,12-16,20H2,1-2H3,(H,38,41)(H,36,37,40). The Morgan fingerprint density at radius 2 is 1.86 bits per heavy atom. The van der Waals surface area contributed by atoms with Crippen molar-refractivity contribution in [3.05, 3.63) is 59.7 Å². The minimum absolute atomic E-state index is 0.261. The quantitative estimate of drug-likeness (QED) is 0.187. The molecule has 0 spiro atoms. The molecule has 1 saturated carbocycles. The number of thiazole rings is 1. The minimum Gasteiger partial charge on any atom is -0.373 e. The van der Waals surface area contributed by atoms with E-state index in [2.05, 4.69) is 45.8 Å². The smallest absolute Gasteiger partial charge is 0.274 e. The lowest BCUT2D eigenvalue weighted by molar-refractivity contribution is 0.0211. The van der Waals surface area contributed by atoms with Crippen molar-refractivity contribution in [2.75, 3.05) is 23.7 Å². The van der Waals surface area contributed by atoms with Crippen LogP contribution >= 0.6 is 11.3 Å². The Morgan fingerprint density at radius 3 is 2.67 bits per heavy atom. The van der Waals surface area contributed by atoms with E-state index in [1.165, 1.54) is 30.6 Å². The van der Waals surface area contributed by atoms with E-state index in [9.17, 15) is 4.79 Å². The molecule has 1 aromatic carbocycles. The number of anilines is 2. The molecule has 10 heteroatoms. The third kappa shape index (κ3) is 7.74. The van der Waals surface area contributed by atoms with Crippen LogP contribution in [0.15, 0.2) is 42.6 Å². The number of fused-ring (bicyclic) bond motifs is 1. The van der Waals surface area contributed by atoms with Crippen LogP contribution in [0.1, 0.15) is 80.7 Å². The van der Waals surface area contributed by atoms with E-state index in [4.69, 9.17) is 14.7 Å². The Kier molecular flexibility index (Phi) is 9.55. The van der Waals surface area contributed by atoms with Crippen LogP contribution in [0, 0.1) is 5.92 Å². The van der Waals surface area contributed by atoms with E-state index in [0.717, 1.165) is 71.1 Å². The molecule has 2 aliphatic rings. The first-order valence-electron chi connectivity index (χ1n) is 15.6. The summed E-state index contributed by atoms with van der Waals surface area (Å²) in [7, 11) is 0. The van der Waals surface area contributed by atoms with Crippen LogP contribution in [-0.4, -0.2) is 51.1 Å². The molecule has 226 valence electrons. The van der Waals surface area contributed by atoms with Gasteiger partial charge in [-0.15, -0.1) is 0 Å². The zero-order valence-corrected chi connectivity index (χ0v) is 25.9. The molecule has 1 amide bonds. The van der Waals surface area contributed by atoms with Crippen LogP contribution in [0.5, 0.6) is 0 Å². The molecule has 0 atom stereocenters. The fourth-order valence-electron chi connectivity index (χ4n) is 5.80. The van der Waals surface area contributed by atoms with Crippen LogP contribution in [0.3, 0.4) is 0 Å². The number of benzene rings is 1. The van der Waals surface area contributed by atoms with Crippen LogP contribution in [0.2, 0.25) is 0 Å². The number of ether oxygens (including phenoxy) is 1. The maximum absolute atomic E-state index is 13.6. The van der Waals surface area contributed by atoms with Crippen molar-refractivity contribution in [2.24, 2.45) is 5.92 Å². The Hall–Kier alpha value is -3.47. The molecule has 9 nitrogen and oxygen atoms in total. The van der Waals surface area contributed by atoms with Crippen molar-refractivity contribution in [1.29, 1.82) is 0 Å². The fourth-order valence-corrected chi connectivity index (χ4v) is 6.73. The fraction of sp³-hybridized carbons (Fsp3) is 0.485. The van der Waals surface area contributed by atoms with Gasteiger partial charge in [-0.2, -0.15) is 0 Å². The maximum atomic E-state index is 13.6. The summed E-state index contributed by atoms with van der Waals surface area (Å²) in [6.07, 6.45) is 10.9. The number of rotatable bonds is 10. The second-order valence-corrected chi connectivity index (χ2v) is 13.1. The molecule has 2 fully saturated rings. The van der Waals surface area contributed by atoms with Crippen LogP contribution in [-0.2, 0) is 17.8 Å². The van der Waals surface area contributed by atoms with Crippen LogP contribution in [0.4, 0.5) is 11.5 Å². The number of hydrogen-bond donors (Lipinski definition) is 3. The van der Waals surface area contributed by atoms with Crippen LogP contribution in [0.25, 0.3) is 20.9 Å². The highest BCUT2D eigenvalue weighted by Gasteiger charge is 2.20. The summed E-state index contributed by atoms with van der Waals surface area (Å²) in [5.74, 6) is 1.54. The number of carbonyl (C=O) groups is 1. The predicted octanol–water partition coefficient (Wildman–Crippen LogP) is 6.61. The van der Waals surface area contributed by atoms with Gasteiger partial charge in [0.2, 0.25) is 0 Å². The van der Waals surface area contributed by atoms with Gasteiger partial charge in [0, 0.05) is 30.3 Å². The molecular formula is C33H41N7O2S. The number of piperidine rings is 1. The molecule has 0 unspecified atom stereocenters. The number of para-hydroxylation sites is 1. The molecule has 1 saturated heterocycles. The molecule has 3 aromatic heterocycles. The minimum atomic E-state index is -0.261. The number of hydrogen-bond acceptors (Lipinski definition) is 9. The van der Waals surface area contributed by atoms with Gasteiger partial charge in [0.05, 0.1) is 18.4 Å². The van der Waals surface area contributed by atoms with Gasteiger partial charge in [0.15, 0.2) is 0 Å². The highest BCUT2D eigenvalue weighted by molar-refractivity contribution is 7.21. The Balaban J connectivity index is 1.20.